The minimum Gasteiger partial charge on any atom is -0.282 e. The van der Waals surface area contributed by atoms with Gasteiger partial charge in [0, 0.05) is 0 Å². The fourth-order valence-electron chi connectivity index (χ4n) is 2.48. The summed E-state index contributed by atoms with van der Waals surface area (Å²) in [5.41, 5.74) is 3.19. The van der Waals surface area contributed by atoms with Crippen molar-refractivity contribution in [2.24, 2.45) is 0 Å². The third kappa shape index (κ3) is 2.78. The molecule has 0 aliphatic heterocycles. The van der Waals surface area contributed by atoms with E-state index in [4.69, 9.17) is 0 Å². The second-order valence-corrected chi connectivity index (χ2v) is 8.97. The summed E-state index contributed by atoms with van der Waals surface area (Å²) in [6, 6.07) is 1.61. The molecular weight excluding hydrogens is 252 g/mol. The number of aryl methyl sites for hydroxylation is 1. The van der Waals surface area contributed by atoms with Crippen molar-refractivity contribution in [2.75, 3.05) is 0 Å². The van der Waals surface area contributed by atoms with E-state index in [0.29, 0.717) is 0 Å². The third-order valence-corrected chi connectivity index (χ3v) is 6.16. The van der Waals surface area contributed by atoms with E-state index in [0.717, 1.165) is 22.7 Å². The summed E-state index contributed by atoms with van der Waals surface area (Å²) in [4.78, 5) is 0.117. The van der Waals surface area contributed by atoms with Gasteiger partial charge in [-0.1, -0.05) is 20.0 Å². The lowest BCUT2D eigenvalue weighted by molar-refractivity contribution is 0.483. The molecule has 1 N–H and O–H groups in total. The van der Waals surface area contributed by atoms with E-state index >= 15 is 0 Å². The van der Waals surface area contributed by atoms with E-state index in [1.165, 1.54) is 5.56 Å². The van der Waals surface area contributed by atoms with Crippen molar-refractivity contribution in [3.63, 3.8) is 0 Å². The Hall–Kier alpha value is -0.653. The highest BCUT2D eigenvalue weighted by atomic mass is 32.2. The van der Waals surface area contributed by atoms with Crippen LogP contribution in [0.1, 0.15) is 23.6 Å². The maximum absolute atomic E-state index is 11.4. The van der Waals surface area contributed by atoms with Gasteiger partial charge in [-0.25, -0.2) is 0 Å². The van der Waals surface area contributed by atoms with Gasteiger partial charge in [0.2, 0.25) is 0 Å². The van der Waals surface area contributed by atoms with E-state index in [1.54, 1.807) is 6.07 Å². The summed E-state index contributed by atoms with van der Waals surface area (Å²) < 4.78 is 32.2. The van der Waals surface area contributed by atoms with Crippen LogP contribution in [0.4, 0.5) is 0 Å². The Labute approximate surface area is 105 Å². The molecule has 0 saturated carbocycles. The number of hydrogen-bond acceptors (Lipinski definition) is 2. The highest BCUT2D eigenvalue weighted by Gasteiger charge is 2.22. The first kappa shape index (κ1) is 14.4. The van der Waals surface area contributed by atoms with Crippen LogP contribution in [-0.2, 0) is 16.5 Å². The lowest BCUT2D eigenvalue weighted by Crippen LogP contribution is -2.32. The van der Waals surface area contributed by atoms with Gasteiger partial charge in [0.05, 0.1) is 13.7 Å². The maximum atomic E-state index is 11.4. The van der Waals surface area contributed by atoms with E-state index in [-0.39, 0.29) is 4.90 Å². The van der Waals surface area contributed by atoms with Gasteiger partial charge in [0.15, 0.2) is 0 Å². The fourth-order valence-corrected chi connectivity index (χ4v) is 6.08. The van der Waals surface area contributed by atoms with Crippen LogP contribution in [0, 0.1) is 13.8 Å². The van der Waals surface area contributed by atoms with Crippen molar-refractivity contribution in [1.29, 1.82) is 0 Å². The van der Waals surface area contributed by atoms with E-state index in [9.17, 15) is 13.0 Å². The molecule has 17 heavy (non-hydrogen) atoms. The molecule has 0 fully saturated rings. The molecule has 0 aliphatic carbocycles. The van der Waals surface area contributed by atoms with Crippen LogP contribution in [0.5, 0.6) is 0 Å². The first-order valence-electron chi connectivity index (χ1n) is 5.80. The molecule has 1 aromatic rings. The molecule has 3 nitrogen and oxygen atoms in total. The molecule has 0 aromatic heterocycles. The van der Waals surface area contributed by atoms with Gasteiger partial charge in [-0.3, -0.25) is 4.55 Å². The van der Waals surface area contributed by atoms with Gasteiger partial charge < -0.3 is 0 Å². The predicted molar refractivity (Wildman–Crippen MR) is 73.6 cm³/mol. The van der Waals surface area contributed by atoms with E-state index < -0.39 is 18.9 Å². The highest BCUT2D eigenvalue weighted by Crippen LogP contribution is 2.19. The van der Waals surface area contributed by atoms with Crippen LogP contribution in [0.3, 0.4) is 0 Å². The predicted octanol–water partition coefficient (Wildman–Crippen LogP) is 1.81. The topological polar surface area (TPSA) is 54.4 Å². The molecule has 96 valence electrons. The lowest BCUT2D eigenvalue weighted by Gasteiger charge is -2.18. The summed E-state index contributed by atoms with van der Waals surface area (Å²) in [5, 5.41) is 0.870. The SMILES string of the molecule is CCc1c(C)cc(S(=O)(=O)O)c([SiH](C)C)c1C. The van der Waals surface area contributed by atoms with Crippen molar-refractivity contribution in [1.82, 2.24) is 0 Å². The summed E-state index contributed by atoms with van der Waals surface area (Å²) >= 11 is 0. The van der Waals surface area contributed by atoms with Gasteiger partial charge in [-0.2, -0.15) is 8.42 Å². The zero-order valence-electron chi connectivity index (χ0n) is 11.0. The molecule has 0 aliphatic rings. The number of rotatable bonds is 3. The largest absolute Gasteiger partial charge is 0.294 e. The molecule has 0 spiro atoms. The summed E-state index contributed by atoms with van der Waals surface area (Å²) in [5.74, 6) is 0. The zero-order chi connectivity index (χ0) is 13.4. The van der Waals surface area contributed by atoms with Crippen molar-refractivity contribution in [3.8, 4) is 0 Å². The second-order valence-electron chi connectivity index (χ2n) is 4.69. The van der Waals surface area contributed by atoms with Crippen molar-refractivity contribution in [2.45, 2.75) is 45.2 Å². The molecule has 0 radical (unpaired) electrons. The standard InChI is InChI=1S/C12H20O3SSi/c1-6-10-8(2)7-11(16(13,14)15)12(9(10)3)17(4)5/h7,17H,6H2,1-5H3,(H,13,14,15). The van der Waals surface area contributed by atoms with Crippen LogP contribution < -0.4 is 5.19 Å². The van der Waals surface area contributed by atoms with E-state index in [1.807, 2.05) is 13.8 Å². The molecule has 0 bridgehead atoms. The highest BCUT2D eigenvalue weighted by molar-refractivity contribution is 7.86. The quantitative estimate of drug-likeness (QED) is 0.674. The Morgan fingerprint density at radius 3 is 2.18 bits per heavy atom. The summed E-state index contributed by atoms with van der Waals surface area (Å²) in [6.07, 6.45) is 0.886. The summed E-state index contributed by atoms with van der Waals surface area (Å²) in [6.45, 7) is 10.1. The van der Waals surface area contributed by atoms with Crippen LogP contribution in [0.15, 0.2) is 11.0 Å². The second kappa shape index (κ2) is 4.92. The average molecular weight is 272 g/mol. The van der Waals surface area contributed by atoms with Gasteiger partial charge >= 0.3 is 0 Å². The van der Waals surface area contributed by atoms with Crippen molar-refractivity contribution < 1.29 is 13.0 Å². The Kier molecular flexibility index (Phi) is 4.17. The number of hydrogen-bond donors (Lipinski definition) is 1. The maximum Gasteiger partial charge on any atom is 0.294 e. The van der Waals surface area contributed by atoms with E-state index in [2.05, 4.69) is 20.0 Å². The molecule has 1 aromatic carbocycles. The van der Waals surface area contributed by atoms with Gasteiger partial charge in [0.25, 0.3) is 10.1 Å². The molecule has 5 heteroatoms. The molecule has 0 saturated heterocycles. The molecule has 0 atom stereocenters. The van der Waals surface area contributed by atoms with Crippen molar-refractivity contribution in [3.05, 3.63) is 22.8 Å². The lowest BCUT2D eigenvalue weighted by atomic mass is 10.0. The average Bonchev–Trinajstić information content (AvgIpc) is 2.15. The smallest absolute Gasteiger partial charge is 0.282 e. The van der Waals surface area contributed by atoms with Crippen LogP contribution in [0.25, 0.3) is 0 Å². The normalized spacial score (nSPS) is 12.2. The monoisotopic (exact) mass is 272 g/mol. The minimum absolute atomic E-state index is 0.117. The molecule has 1 rings (SSSR count). The van der Waals surface area contributed by atoms with Crippen LogP contribution >= 0.6 is 0 Å². The Balaban J connectivity index is 3.75. The Morgan fingerprint density at radius 2 is 1.82 bits per heavy atom. The minimum atomic E-state index is -4.11. The first-order chi connectivity index (χ1) is 7.70. The van der Waals surface area contributed by atoms with Gasteiger partial charge in [-0.05, 0) is 48.2 Å². The Morgan fingerprint density at radius 1 is 1.29 bits per heavy atom. The first-order valence-corrected chi connectivity index (χ1v) is 10.1. The number of benzene rings is 1. The van der Waals surface area contributed by atoms with Crippen LogP contribution in [-0.4, -0.2) is 21.8 Å². The third-order valence-electron chi connectivity index (χ3n) is 3.15. The fraction of sp³-hybridized carbons (Fsp3) is 0.500. The molecule has 0 amide bonds. The molecule has 0 unspecified atom stereocenters. The molecular formula is C12H20O3SSi. The van der Waals surface area contributed by atoms with Crippen LogP contribution in [0.2, 0.25) is 13.1 Å². The van der Waals surface area contributed by atoms with Gasteiger partial charge in [-0.15, -0.1) is 0 Å². The Bertz CT molecular complexity index is 533. The summed E-state index contributed by atoms with van der Waals surface area (Å²) in [7, 11) is -5.42. The molecule has 0 heterocycles. The zero-order valence-corrected chi connectivity index (χ0v) is 13.0. The van der Waals surface area contributed by atoms with Crippen molar-refractivity contribution >= 4 is 24.1 Å². The van der Waals surface area contributed by atoms with Gasteiger partial charge in [0.1, 0.15) is 0 Å².